The number of aromatic nitrogens is 3. The van der Waals surface area contributed by atoms with Crippen LogP contribution in [0.15, 0.2) is 52.0 Å². The maximum absolute atomic E-state index is 13.3. The van der Waals surface area contributed by atoms with E-state index in [-0.39, 0.29) is 10.8 Å². The minimum Gasteiger partial charge on any atom is -0.538 e. The van der Waals surface area contributed by atoms with Crippen molar-refractivity contribution in [3.05, 3.63) is 53.3 Å². The van der Waals surface area contributed by atoms with Gasteiger partial charge in [-0.1, -0.05) is 22.9 Å². The van der Waals surface area contributed by atoms with Gasteiger partial charge in [0.15, 0.2) is 11.1 Å². The zero-order valence-electron chi connectivity index (χ0n) is 13.1. The second-order valence-corrected chi connectivity index (χ2v) is 8.36. The maximum Gasteiger partial charge on any atom is 0.373 e. The van der Waals surface area contributed by atoms with Crippen molar-refractivity contribution in [1.29, 1.82) is 0 Å². The summed E-state index contributed by atoms with van der Waals surface area (Å²) in [5, 5.41) is 15.1. The highest BCUT2D eigenvalue weighted by Crippen LogP contribution is 2.29. The highest BCUT2D eigenvalue weighted by atomic mass is 35.5. The largest absolute Gasteiger partial charge is 0.538 e. The third kappa shape index (κ3) is 3.31. The quantitative estimate of drug-likeness (QED) is 0.501. The number of nitrogens with zero attached hydrogens (tertiary/aromatic N) is 3. The Labute approximate surface area is 160 Å². The van der Waals surface area contributed by atoms with Gasteiger partial charge in [0, 0.05) is 17.2 Å². The van der Waals surface area contributed by atoms with Crippen molar-refractivity contribution >= 4 is 48.3 Å². The van der Waals surface area contributed by atoms with Crippen LogP contribution >= 0.6 is 22.9 Å². The Bertz CT molecular complexity index is 1250. The summed E-state index contributed by atoms with van der Waals surface area (Å²) >= 11 is 6.74. The minimum absolute atomic E-state index is 0.0288. The highest BCUT2D eigenvalue weighted by Gasteiger charge is 2.34. The summed E-state index contributed by atoms with van der Waals surface area (Å²) in [7, 11) is -4.38. The average Bonchev–Trinajstić information content (AvgIpc) is 3.18. The van der Waals surface area contributed by atoms with Gasteiger partial charge in [0.1, 0.15) is 5.82 Å². The number of hydrogen-bond donors (Lipinski definition) is 1. The molecule has 0 amide bonds. The van der Waals surface area contributed by atoms with E-state index in [1.54, 1.807) is 0 Å². The van der Waals surface area contributed by atoms with E-state index < -0.39 is 26.8 Å². The van der Waals surface area contributed by atoms with E-state index >= 15 is 0 Å². The van der Waals surface area contributed by atoms with Crippen LogP contribution in [0.4, 0.5) is 9.52 Å². The van der Waals surface area contributed by atoms with Gasteiger partial charge in [0.25, 0.3) is 0 Å². The number of benzene rings is 2. The van der Waals surface area contributed by atoms with Crippen LogP contribution < -0.4 is 14.5 Å². The van der Waals surface area contributed by atoms with Crippen molar-refractivity contribution < 1.29 is 27.1 Å². The Kier molecular flexibility index (Phi) is 4.21. The van der Waals surface area contributed by atoms with Crippen LogP contribution in [0, 0.1) is 5.82 Å². The number of thiazole rings is 1. The zero-order valence-corrected chi connectivity index (χ0v) is 15.5. The normalized spacial score (nSPS) is 11.8. The summed E-state index contributed by atoms with van der Waals surface area (Å²) in [6.45, 7) is 0. The molecule has 1 N–H and O–H groups in total. The second kappa shape index (κ2) is 6.44. The molecule has 2 aromatic carbocycles. The number of fused-ring (bicyclic) bond motifs is 1. The van der Waals surface area contributed by atoms with Gasteiger partial charge < -0.3 is 9.63 Å². The standard InChI is InChI=1S/C15H8ClFN4O4S2/c16-8-1-4-10(5-2-8)21-13(14(22)25-20-21)27(23,24)19-15-18-11-6-3-9(17)7-12(11)26-15/h1-7H,(H-,18,19,20,22). The van der Waals surface area contributed by atoms with Crippen LogP contribution in [0.1, 0.15) is 0 Å². The van der Waals surface area contributed by atoms with E-state index in [0.29, 0.717) is 15.2 Å². The first-order valence-corrected chi connectivity index (χ1v) is 9.95. The van der Waals surface area contributed by atoms with Gasteiger partial charge in [0.05, 0.1) is 15.5 Å². The Morgan fingerprint density at radius 3 is 2.70 bits per heavy atom. The summed E-state index contributed by atoms with van der Waals surface area (Å²) in [4.78, 5) is 4.07. The molecule has 2 aromatic heterocycles. The fraction of sp³-hybridized carbons (Fsp3) is 0. The van der Waals surface area contributed by atoms with Gasteiger partial charge in [-0.25, -0.2) is 14.1 Å². The second-order valence-electron chi connectivity index (χ2n) is 5.29. The molecule has 0 unspecified atom stereocenters. The Morgan fingerprint density at radius 2 is 1.96 bits per heavy atom. The summed E-state index contributed by atoms with van der Waals surface area (Å²) in [5.41, 5.74) is 0.675. The molecule has 0 aliphatic rings. The first kappa shape index (κ1) is 17.6. The van der Waals surface area contributed by atoms with Crippen LogP contribution in [-0.2, 0) is 10.0 Å². The van der Waals surface area contributed by atoms with E-state index in [1.807, 2.05) is 0 Å². The van der Waals surface area contributed by atoms with Crippen molar-refractivity contribution in [3.63, 3.8) is 0 Å². The lowest BCUT2D eigenvalue weighted by Gasteiger charge is -2.02. The molecule has 12 heteroatoms. The molecule has 0 fully saturated rings. The van der Waals surface area contributed by atoms with Crippen molar-refractivity contribution in [2.75, 3.05) is 4.72 Å². The van der Waals surface area contributed by atoms with E-state index in [4.69, 9.17) is 11.6 Å². The number of hydrogen-bond acceptors (Lipinski definition) is 7. The van der Waals surface area contributed by atoms with Crippen LogP contribution in [0.2, 0.25) is 5.02 Å². The maximum atomic E-state index is 13.3. The molecule has 0 bridgehead atoms. The van der Waals surface area contributed by atoms with E-state index in [1.165, 1.54) is 42.5 Å². The lowest BCUT2D eigenvalue weighted by atomic mass is 10.3. The topological polar surface area (TPSA) is 112 Å². The third-order valence-corrected chi connectivity index (χ3v) is 6.10. The minimum atomic E-state index is -4.38. The predicted octanol–water partition coefficient (Wildman–Crippen LogP) is 2.23. The molecular weight excluding hydrogens is 419 g/mol. The molecule has 0 aliphatic heterocycles. The summed E-state index contributed by atoms with van der Waals surface area (Å²) < 4.78 is 46.8. The SMILES string of the molecule is O=S(=O)(Nc1nc2ccc(F)cc2s1)c1c([O-])on[n+]1-c1ccc(Cl)cc1. The molecule has 4 aromatic rings. The van der Waals surface area contributed by atoms with E-state index in [0.717, 1.165) is 16.0 Å². The van der Waals surface area contributed by atoms with Crippen molar-refractivity contribution in [1.82, 2.24) is 10.3 Å². The predicted molar refractivity (Wildman–Crippen MR) is 92.9 cm³/mol. The molecule has 138 valence electrons. The number of halogens is 2. The van der Waals surface area contributed by atoms with Crippen LogP contribution in [0.25, 0.3) is 15.9 Å². The lowest BCUT2D eigenvalue weighted by molar-refractivity contribution is -0.706. The Balaban J connectivity index is 1.75. The molecule has 0 aliphatic carbocycles. The van der Waals surface area contributed by atoms with E-state index in [2.05, 4.69) is 19.5 Å². The molecule has 0 radical (unpaired) electrons. The molecule has 8 nitrogen and oxygen atoms in total. The van der Waals surface area contributed by atoms with Gasteiger partial charge in [0.2, 0.25) is 5.69 Å². The van der Waals surface area contributed by atoms with Gasteiger partial charge >= 0.3 is 15.0 Å². The zero-order chi connectivity index (χ0) is 19.2. The van der Waals surface area contributed by atoms with Gasteiger partial charge in [-0.2, -0.15) is 8.42 Å². The Morgan fingerprint density at radius 1 is 1.22 bits per heavy atom. The molecule has 0 saturated heterocycles. The Hall–Kier alpha value is -2.76. The van der Waals surface area contributed by atoms with Crippen LogP contribution in [0.3, 0.4) is 0 Å². The number of rotatable bonds is 4. The molecule has 0 atom stereocenters. The third-order valence-electron chi connectivity index (χ3n) is 3.47. The average molecular weight is 427 g/mol. The fourth-order valence-electron chi connectivity index (χ4n) is 2.32. The van der Waals surface area contributed by atoms with Gasteiger partial charge in [-0.3, -0.25) is 0 Å². The lowest BCUT2D eigenvalue weighted by Crippen LogP contribution is -2.40. The molecule has 0 saturated carbocycles. The van der Waals surface area contributed by atoms with Crippen molar-refractivity contribution in [3.8, 4) is 11.6 Å². The summed E-state index contributed by atoms with van der Waals surface area (Å²) in [6, 6.07) is 9.84. The molecule has 0 spiro atoms. The van der Waals surface area contributed by atoms with Crippen molar-refractivity contribution in [2.24, 2.45) is 0 Å². The molecular formula is C15H8ClFN4O4S2. The first-order chi connectivity index (χ1) is 12.8. The van der Waals surface area contributed by atoms with Gasteiger partial charge in [-0.15, -0.1) is 0 Å². The highest BCUT2D eigenvalue weighted by molar-refractivity contribution is 7.92. The van der Waals surface area contributed by atoms with Crippen LogP contribution in [0.5, 0.6) is 5.95 Å². The number of anilines is 1. The smallest absolute Gasteiger partial charge is 0.373 e. The van der Waals surface area contributed by atoms with Gasteiger partial charge in [-0.05, 0) is 35.0 Å². The molecule has 27 heavy (non-hydrogen) atoms. The summed E-state index contributed by atoms with van der Waals surface area (Å²) in [6.07, 6.45) is 0. The monoisotopic (exact) mass is 426 g/mol. The van der Waals surface area contributed by atoms with Crippen LogP contribution in [-0.4, -0.2) is 18.7 Å². The molecule has 2 heterocycles. The van der Waals surface area contributed by atoms with Crippen molar-refractivity contribution in [2.45, 2.75) is 5.03 Å². The van der Waals surface area contributed by atoms with E-state index in [9.17, 15) is 17.9 Å². The fourth-order valence-corrected chi connectivity index (χ4v) is 4.68. The number of sulfonamides is 1. The summed E-state index contributed by atoms with van der Waals surface area (Å²) in [5.74, 6) is -1.62. The first-order valence-electron chi connectivity index (χ1n) is 7.27. The molecule has 4 rings (SSSR count). The number of nitrogens with one attached hydrogen (secondary N) is 1.